The zero-order valence-electron chi connectivity index (χ0n) is 10.8. The lowest BCUT2D eigenvalue weighted by Crippen LogP contribution is -2.10. The van der Waals surface area contributed by atoms with Crippen molar-refractivity contribution in [1.29, 1.82) is 0 Å². The Bertz CT molecular complexity index is 731. The number of halogens is 2. The Labute approximate surface area is 117 Å². The lowest BCUT2D eigenvalue weighted by Gasteiger charge is -2.06. The van der Waals surface area contributed by atoms with Gasteiger partial charge in [0.2, 0.25) is 5.75 Å². The maximum absolute atomic E-state index is 13.4. The zero-order valence-corrected chi connectivity index (χ0v) is 10.8. The van der Waals surface area contributed by atoms with Gasteiger partial charge in [0.15, 0.2) is 0 Å². The summed E-state index contributed by atoms with van der Waals surface area (Å²) < 4.78 is 31.3. The fourth-order valence-electron chi connectivity index (χ4n) is 1.60. The number of benzene rings is 2. The standard InChI is InChI=1S/C14H9F2NO4/c1-8-2-3-9(6-11(8)16)14(18)21-13-7-10(15)4-5-12(13)17(19)20/h2-7H,1H3. The van der Waals surface area contributed by atoms with Gasteiger partial charge in [0.25, 0.3) is 0 Å². The van der Waals surface area contributed by atoms with Crippen LogP contribution in [0.3, 0.4) is 0 Å². The molecule has 21 heavy (non-hydrogen) atoms. The second kappa shape index (κ2) is 5.66. The van der Waals surface area contributed by atoms with Crippen LogP contribution < -0.4 is 4.74 Å². The highest BCUT2D eigenvalue weighted by Gasteiger charge is 2.20. The average molecular weight is 293 g/mol. The first-order valence-corrected chi connectivity index (χ1v) is 5.81. The van der Waals surface area contributed by atoms with Crippen LogP contribution in [0.1, 0.15) is 15.9 Å². The molecular weight excluding hydrogens is 284 g/mol. The van der Waals surface area contributed by atoms with Crippen LogP contribution in [-0.4, -0.2) is 10.9 Å². The minimum atomic E-state index is -1.01. The van der Waals surface area contributed by atoms with E-state index >= 15 is 0 Å². The van der Waals surface area contributed by atoms with Gasteiger partial charge in [0, 0.05) is 12.1 Å². The van der Waals surface area contributed by atoms with E-state index in [0.29, 0.717) is 5.56 Å². The Morgan fingerprint density at radius 3 is 2.52 bits per heavy atom. The molecule has 108 valence electrons. The maximum Gasteiger partial charge on any atom is 0.343 e. The number of rotatable bonds is 3. The van der Waals surface area contributed by atoms with Gasteiger partial charge in [-0.3, -0.25) is 10.1 Å². The van der Waals surface area contributed by atoms with Crippen molar-refractivity contribution in [1.82, 2.24) is 0 Å². The van der Waals surface area contributed by atoms with Crippen molar-refractivity contribution >= 4 is 11.7 Å². The molecule has 0 amide bonds. The van der Waals surface area contributed by atoms with Gasteiger partial charge in [0.1, 0.15) is 11.6 Å². The van der Waals surface area contributed by atoms with E-state index in [1.54, 1.807) is 0 Å². The summed E-state index contributed by atoms with van der Waals surface area (Å²) in [5, 5.41) is 10.8. The zero-order chi connectivity index (χ0) is 15.6. The van der Waals surface area contributed by atoms with Crippen molar-refractivity contribution in [2.24, 2.45) is 0 Å². The van der Waals surface area contributed by atoms with Crippen molar-refractivity contribution in [3.05, 3.63) is 69.3 Å². The molecule has 0 atom stereocenters. The molecule has 2 rings (SSSR count). The quantitative estimate of drug-likeness (QED) is 0.376. The monoisotopic (exact) mass is 293 g/mol. The van der Waals surface area contributed by atoms with Crippen LogP contribution in [0, 0.1) is 28.7 Å². The molecule has 7 heteroatoms. The van der Waals surface area contributed by atoms with Gasteiger partial charge in [-0.1, -0.05) is 6.07 Å². The minimum Gasteiger partial charge on any atom is -0.415 e. The van der Waals surface area contributed by atoms with E-state index in [1.165, 1.54) is 19.1 Å². The van der Waals surface area contributed by atoms with E-state index in [4.69, 9.17) is 4.74 Å². The Morgan fingerprint density at radius 1 is 1.19 bits per heavy atom. The maximum atomic E-state index is 13.4. The molecule has 0 spiro atoms. The fraction of sp³-hybridized carbons (Fsp3) is 0.0714. The number of hydrogen-bond acceptors (Lipinski definition) is 4. The Kier molecular flexibility index (Phi) is 3.93. The molecule has 0 aliphatic rings. The van der Waals surface area contributed by atoms with E-state index in [2.05, 4.69) is 0 Å². The van der Waals surface area contributed by atoms with Gasteiger partial charge in [-0.2, -0.15) is 0 Å². The third-order valence-corrected chi connectivity index (χ3v) is 2.73. The van der Waals surface area contributed by atoms with Gasteiger partial charge >= 0.3 is 11.7 Å². The van der Waals surface area contributed by atoms with Crippen LogP contribution in [0.25, 0.3) is 0 Å². The van der Waals surface area contributed by atoms with Gasteiger partial charge in [0.05, 0.1) is 10.5 Å². The molecule has 0 saturated carbocycles. The Balaban J connectivity index is 2.33. The number of nitrogens with zero attached hydrogens (tertiary/aromatic N) is 1. The fourth-order valence-corrected chi connectivity index (χ4v) is 1.60. The Morgan fingerprint density at radius 2 is 1.90 bits per heavy atom. The average Bonchev–Trinajstić information content (AvgIpc) is 2.41. The second-order valence-corrected chi connectivity index (χ2v) is 4.22. The number of esters is 1. The molecule has 0 bridgehead atoms. The summed E-state index contributed by atoms with van der Waals surface area (Å²) in [4.78, 5) is 21.8. The first-order valence-electron chi connectivity index (χ1n) is 5.81. The van der Waals surface area contributed by atoms with E-state index in [9.17, 15) is 23.7 Å². The second-order valence-electron chi connectivity index (χ2n) is 4.22. The number of nitro benzene ring substituents is 1. The molecule has 0 fully saturated rings. The smallest absolute Gasteiger partial charge is 0.343 e. The van der Waals surface area contributed by atoms with Crippen molar-refractivity contribution < 1.29 is 23.2 Å². The summed E-state index contributed by atoms with van der Waals surface area (Å²) >= 11 is 0. The molecule has 5 nitrogen and oxygen atoms in total. The van der Waals surface area contributed by atoms with E-state index in [0.717, 1.165) is 24.3 Å². The molecule has 0 heterocycles. The van der Waals surface area contributed by atoms with Crippen molar-refractivity contribution in [3.63, 3.8) is 0 Å². The highest BCUT2D eigenvalue weighted by atomic mass is 19.1. The van der Waals surface area contributed by atoms with Gasteiger partial charge in [-0.15, -0.1) is 0 Å². The number of aryl methyl sites for hydroxylation is 1. The lowest BCUT2D eigenvalue weighted by atomic mass is 10.1. The van der Waals surface area contributed by atoms with E-state index < -0.39 is 34.0 Å². The Hall–Kier alpha value is -2.83. The number of nitro groups is 1. The van der Waals surface area contributed by atoms with Crippen molar-refractivity contribution in [3.8, 4) is 5.75 Å². The topological polar surface area (TPSA) is 69.4 Å². The first kappa shape index (κ1) is 14.6. The summed E-state index contributed by atoms with van der Waals surface area (Å²) in [6, 6.07) is 6.11. The molecule has 0 N–H and O–H groups in total. The van der Waals surface area contributed by atoms with Gasteiger partial charge < -0.3 is 4.74 Å². The number of carbonyl (C=O) groups excluding carboxylic acids is 1. The van der Waals surface area contributed by atoms with Crippen LogP contribution in [0.5, 0.6) is 5.75 Å². The van der Waals surface area contributed by atoms with Gasteiger partial charge in [-0.05, 0) is 30.7 Å². The highest BCUT2D eigenvalue weighted by Crippen LogP contribution is 2.28. The van der Waals surface area contributed by atoms with E-state index in [-0.39, 0.29) is 5.56 Å². The first-order chi connectivity index (χ1) is 9.88. The summed E-state index contributed by atoms with van der Waals surface area (Å²) in [6.45, 7) is 1.52. The number of ether oxygens (including phenoxy) is 1. The third kappa shape index (κ3) is 3.19. The molecule has 0 aromatic heterocycles. The van der Waals surface area contributed by atoms with Crippen LogP contribution >= 0.6 is 0 Å². The molecule has 0 aliphatic carbocycles. The van der Waals surface area contributed by atoms with Crippen LogP contribution in [-0.2, 0) is 0 Å². The summed E-state index contributed by atoms with van der Waals surface area (Å²) in [6.07, 6.45) is 0. The summed E-state index contributed by atoms with van der Waals surface area (Å²) in [5.74, 6) is -2.95. The molecular formula is C14H9F2NO4. The number of hydrogen-bond donors (Lipinski definition) is 0. The third-order valence-electron chi connectivity index (χ3n) is 2.73. The van der Waals surface area contributed by atoms with E-state index in [1.807, 2.05) is 0 Å². The largest absolute Gasteiger partial charge is 0.415 e. The van der Waals surface area contributed by atoms with Crippen LogP contribution in [0.4, 0.5) is 14.5 Å². The van der Waals surface area contributed by atoms with Gasteiger partial charge in [-0.25, -0.2) is 13.6 Å². The minimum absolute atomic E-state index is 0.128. The molecule has 0 aliphatic heterocycles. The predicted octanol–water partition coefficient (Wildman–Crippen LogP) is 3.40. The number of carbonyl (C=O) groups is 1. The molecule has 2 aromatic carbocycles. The predicted molar refractivity (Wildman–Crippen MR) is 69.1 cm³/mol. The normalized spacial score (nSPS) is 10.2. The lowest BCUT2D eigenvalue weighted by molar-refractivity contribution is -0.385. The van der Waals surface area contributed by atoms with Crippen LogP contribution in [0.2, 0.25) is 0 Å². The molecule has 0 unspecified atom stereocenters. The van der Waals surface area contributed by atoms with Crippen molar-refractivity contribution in [2.75, 3.05) is 0 Å². The summed E-state index contributed by atoms with van der Waals surface area (Å²) in [7, 11) is 0. The molecule has 0 radical (unpaired) electrons. The highest BCUT2D eigenvalue weighted by molar-refractivity contribution is 5.91. The summed E-state index contributed by atoms with van der Waals surface area (Å²) in [5.41, 5.74) is -0.350. The van der Waals surface area contributed by atoms with Crippen molar-refractivity contribution in [2.45, 2.75) is 6.92 Å². The SMILES string of the molecule is Cc1ccc(C(=O)Oc2cc(F)ccc2[N+](=O)[O-])cc1F. The molecule has 0 saturated heterocycles. The molecule has 2 aromatic rings. The van der Waals surface area contributed by atoms with Crippen LogP contribution in [0.15, 0.2) is 36.4 Å².